The molecule has 3 rings (SSSR count). The highest BCUT2D eigenvalue weighted by atomic mass is 16.2. The van der Waals surface area contributed by atoms with Crippen molar-refractivity contribution in [1.29, 1.82) is 0 Å². The Hall–Kier alpha value is -3.02. The standard InChI is InChI=1S/C21H25N5O/c1-15(2)13-19(17-7-5-4-6-8-17)22-20(27)14-26-24-21(23-25-26)18-11-9-16(3)10-12-18/h4-12,15,19H,13-14H2,1-3H3,(H,22,27)/t19-/m0/s1. The van der Waals surface area contributed by atoms with Gasteiger partial charge in [-0.15, -0.1) is 10.2 Å². The van der Waals surface area contributed by atoms with Gasteiger partial charge < -0.3 is 5.32 Å². The first-order chi connectivity index (χ1) is 13.0. The molecule has 2 aromatic carbocycles. The average Bonchev–Trinajstić information content (AvgIpc) is 3.10. The minimum atomic E-state index is -0.127. The molecule has 6 nitrogen and oxygen atoms in total. The number of benzene rings is 2. The topological polar surface area (TPSA) is 72.7 Å². The molecule has 140 valence electrons. The molecule has 1 aromatic heterocycles. The molecule has 1 heterocycles. The fraction of sp³-hybridized carbons (Fsp3) is 0.333. The molecule has 1 amide bonds. The molecule has 0 spiro atoms. The van der Waals surface area contributed by atoms with Crippen molar-refractivity contribution in [3.63, 3.8) is 0 Å². The van der Waals surface area contributed by atoms with Crippen LogP contribution >= 0.6 is 0 Å². The first-order valence-electron chi connectivity index (χ1n) is 9.20. The van der Waals surface area contributed by atoms with Crippen LogP contribution in [0.25, 0.3) is 11.4 Å². The summed E-state index contributed by atoms with van der Waals surface area (Å²) >= 11 is 0. The highest BCUT2D eigenvalue weighted by molar-refractivity contribution is 5.76. The minimum Gasteiger partial charge on any atom is -0.348 e. The van der Waals surface area contributed by atoms with E-state index in [1.54, 1.807) is 0 Å². The molecule has 0 aliphatic heterocycles. The Bertz CT molecular complexity index is 871. The zero-order valence-electron chi connectivity index (χ0n) is 16.0. The maximum Gasteiger partial charge on any atom is 0.244 e. The van der Waals surface area contributed by atoms with E-state index in [1.807, 2.05) is 61.5 Å². The van der Waals surface area contributed by atoms with E-state index in [9.17, 15) is 4.79 Å². The number of tetrazole rings is 1. The first kappa shape index (κ1) is 18.8. The van der Waals surface area contributed by atoms with Crippen LogP contribution in [0.4, 0.5) is 0 Å². The second-order valence-electron chi connectivity index (χ2n) is 7.17. The van der Waals surface area contributed by atoms with Gasteiger partial charge in [0.05, 0.1) is 6.04 Å². The third kappa shape index (κ3) is 5.23. The number of amides is 1. The lowest BCUT2D eigenvalue weighted by molar-refractivity contribution is -0.123. The predicted octanol–water partition coefficient (Wildman–Crippen LogP) is 3.55. The van der Waals surface area contributed by atoms with Crippen LogP contribution in [0.15, 0.2) is 54.6 Å². The van der Waals surface area contributed by atoms with Gasteiger partial charge in [-0.25, -0.2) is 0 Å². The van der Waals surface area contributed by atoms with Gasteiger partial charge in [-0.3, -0.25) is 4.79 Å². The summed E-state index contributed by atoms with van der Waals surface area (Å²) in [5.41, 5.74) is 3.16. The Morgan fingerprint density at radius 3 is 2.44 bits per heavy atom. The van der Waals surface area contributed by atoms with Gasteiger partial charge in [-0.1, -0.05) is 74.0 Å². The van der Waals surface area contributed by atoms with Crippen molar-refractivity contribution in [1.82, 2.24) is 25.5 Å². The van der Waals surface area contributed by atoms with Crippen molar-refractivity contribution in [2.24, 2.45) is 5.92 Å². The monoisotopic (exact) mass is 363 g/mol. The summed E-state index contributed by atoms with van der Waals surface area (Å²) in [6.07, 6.45) is 0.870. The molecule has 0 aliphatic rings. The van der Waals surface area contributed by atoms with Crippen molar-refractivity contribution in [2.45, 2.75) is 39.8 Å². The van der Waals surface area contributed by atoms with Gasteiger partial charge in [-0.05, 0) is 30.0 Å². The number of hydrogen-bond donors (Lipinski definition) is 1. The number of hydrogen-bond acceptors (Lipinski definition) is 4. The van der Waals surface area contributed by atoms with Crippen LogP contribution in [-0.2, 0) is 11.3 Å². The van der Waals surface area contributed by atoms with Gasteiger partial charge in [-0.2, -0.15) is 4.80 Å². The molecule has 1 N–H and O–H groups in total. The number of rotatable bonds is 7. The van der Waals surface area contributed by atoms with Gasteiger partial charge in [0.2, 0.25) is 11.7 Å². The number of nitrogens with zero attached hydrogens (tertiary/aromatic N) is 4. The molecule has 0 fully saturated rings. The normalized spacial score (nSPS) is 12.1. The molecule has 6 heteroatoms. The molecular weight excluding hydrogens is 338 g/mol. The van der Waals surface area contributed by atoms with Crippen LogP contribution in [0.5, 0.6) is 0 Å². The Balaban J connectivity index is 1.66. The van der Waals surface area contributed by atoms with Crippen LogP contribution < -0.4 is 5.32 Å². The quantitative estimate of drug-likeness (QED) is 0.697. The molecule has 0 radical (unpaired) electrons. The van der Waals surface area contributed by atoms with E-state index in [2.05, 4.69) is 34.6 Å². The fourth-order valence-corrected chi connectivity index (χ4v) is 2.93. The van der Waals surface area contributed by atoms with Crippen molar-refractivity contribution in [3.8, 4) is 11.4 Å². The van der Waals surface area contributed by atoms with Crippen LogP contribution in [0.2, 0.25) is 0 Å². The van der Waals surface area contributed by atoms with Crippen LogP contribution in [0, 0.1) is 12.8 Å². The lowest BCUT2D eigenvalue weighted by atomic mass is 9.97. The Kier molecular flexibility index (Phi) is 5.96. The van der Waals surface area contributed by atoms with Crippen molar-refractivity contribution < 1.29 is 4.79 Å². The summed E-state index contributed by atoms with van der Waals surface area (Å²) in [5.74, 6) is 0.857. The first-order valence-corrected chi connectivity index (χ1v) is 9.20. The highest BCUT2D eigenvalue weighted by Crippen LogP contribution is 2.21. The second kappa shape index (κ2) is 8.58. The molecule has 1 atom stereocenters. The van der Waals surface area contributed by atoms with E-state index < -0.39 is 0 Å². The minimum absolute atomic E-state index is 0.0289. The summed E-state index contributed by atoms with van der Waals surface area (Å²) in [5, 5.41) is 15.5. The van der Waals surface area contributed by atoms with Crippen molar-refractivity contribution >= 4 is 5.91 Å². The molecule has 27 heavy (non-hydrogen) atoms. The zero-order chi connectivity index (χ0) is 19.2. The Morgan fingerprint density at radius 1 is 1.07 bits per heavy atom. The lowest BCUT2D eigenvalue weighted by Gasteiger charge is -2.21. The van der Waals surface area contributed by atoms with E-state index in [0.717, 1.165) is 17.5 Å². The fourth-order valence-electron chi connectivity index (χ4n) is 2.93. The molecule has 0 saturated carbocycles. The summed E-state index contributed by atoms with van der Waals surface area (Å²) in [4.78, 5) is 13.9. The van der Waals surface area contributed by atoms with Gasteiger partial charge in [0.1, 0.15) is 6.54 Å². The molecule has 3 aromatic rings. The van der Waals surface area contributed by atoms with Gasteiger partial charge in [0, 0.05) is 5.56 Å². The third-order valence-electron chi connectivity index (χ3n) is 4.29. The summed E-state index contributed by atoms with van der Waals surface area (Å²) in [6.45, 7) is 6.36. The molecule has 0 aliphatic carbocycles. The molecule has 0 unspecified atom stereocenters. The van der Waals surface area contributed by atoms with Crippen LogP contribution in [0.1, 0.15) is 37.4 Å². The van der Waals surface area contributed by atoms with E-state index in [0.29, 0.717) is 11.7 Å². The SMILES string of the molecule is Cc1ccc(-c2nnn(CC(=O)N[C@@H](CC(C)C)c3ccccc3)n2)cc1. The predicted molar refractivity (Wildman–Crippen MR) is 105 cm³/mol. The van der Waals surface area contributed by atoms with Crippen molar-refractivity contribution in [3.05, 3.63) is 65.7 Å². The molecule has 0 bridgehead atoms. The second-order valence-corrected chi connectivity index (χ2v) is 7.17. The summed E-state index contributed by atoms with van der Waals surface area (Å²) in [6, 6.07) is 17.9. The Morgan fingerprint density at radius 2 is 1.78 bits per heavy atom. The van der Waals surface area contributed by atoms with Crippen molar-refractivity contribution in [2.75, 3.05) is 0 Å². The van der Waals surface area contributed by atoms with Crippen LogP contribution in [-0.4, -0.2) is 26.1 Å². The maximum atomic E-state index is 12.5. The molecule has 0 saturated heterocycles. The van der Waals surface area contributed by atoms with Crippen LogP contribution in [0.3, 0.4) is 0 Å². The van der Waals surface area contributed by atoms with Gasteiger partial charge >= 0.3 is 0 Å². The number of carbonyl (C=O) groups excluding carboxylic acids is 1. The lowest BCUT2D eigenvalue weighted by Crippen LogP contribution is -2.33. The zero-order valence-corrected chi connectivity index (χ0v) is 16.0. The van der Waals surface area contributed by atoms with E-state index in [1.165, 1.54) is 10.4 Å². The summed E-state index contributed by atoms with van der Waals surface area (Å²) < 4.78 is 0. The molecular formula is C21H25N5O. The number of carbonyl (C=O) groups is 1. The maximum absolute atomic E-state index is 12.5. The van der Waals surface area contributed by atoms with E-state index in [-0.39, 0.29) is 18.5 Å². The van der Waals surface area contributed by atoms with Gasteiger partial charge in [0.25, 0.3) is 0 Å². The number of aromatic nitrogens is 4. The number of aryl methyl sites for hydroxylation is 1. The van der Waals surface area contributed by atoms with E-state index >= 15 is 0 Å². The largest absolute Gasteiger partial charge is 0.348 e. The smallest absolute Gasteiger partial charge is 0.244 e. The third-order valence-corrected chi connectivity index (χ3v) is 4.29. The highest BCUT2D eigenvalue weighted by Gasteiger charge is 2.17. The van der Waals surface area contributed by atoms with E-state index in [4.69, 9.17) is 0 Å². The Labute approximate surface area is 159 Å². The average molecular weight is 363 g/mol. The van der Waals surface area contributed by atoms with Gasteiger partial charge in [0.15, 0.2) is 0 Å². The summed E-state index contributed by atoms with van der Waals surface area (Å²) in [7, 11) is 0. The number of nitrogens with one attached hydrogen (secondary N) is 1.